The van der Waals surface area contributed by atoms with E-state index >= 15 is 0 Å². The van der Waals surface area contributed by atoms with Crippen molar-refractivity contribution in [2.45, 2.75) is 46.6 Å². The van der Waals surface area contributed by atoms with Gasteiger partial charge >= 0.3 is 0 Å². The number of hydrogen-bond donors (Lipinski definition) is 2. The van der Waals surface area contributed by atoms with E-state index in [-0.39, 0.29) is 23.0 Å². The third-order valence-electron chi connectivity index (χ3n) is 4.38. The number of hydrogen-bond acceptors (Lipinski definition) is 4. The summed E-state index contributed by atoms with van der Waals surface area (Å²) in [5, 5.41) is 5.82. The van der Waals surface area contributed by atoms with Crippen molar-refractivity contribution in [3.8, 4) is 5.75 Å². The molecule has 0 radical (unpaired) electrons. The molecule has 0 saturated carbocycles. The maximum Gasteiger partial charge on any atom is 0.257 e. The third kappa shape index (κ3) is 7.68. The highest BCUT2D eigenvalue weighted by molar-refractivity contribution is 7.80. The first-order valence-corrected chi connectivity index (χ1v) is 11.0. The van der Waals surface area contributed by atoms with Crippen LogP contribution in [0.15, 0.2) is 48.5 Å². The summed E-state index contributed by atoms with van der Waals surface area (Å²) in [6.07, 6.45) is 1.92. The van der Waals surface area contributed by atoms with E-state index in [0.29, 0.717) is 22.6 Å². The fraction of sp³-hybridized carbons (Fsp3) is 0.375. The molecule has 2 aromatic rings. The number of rotatable bonds is 9. The molecule has 0 aliphatic carbocycles. The predicted octanol–water partition coefficient (Wildman–Crippen LogP) is 4.86. The summed E-state index contributed by atoms with van der Waals surface area (Å²) in [5.74, 6) is 0.421. The lowest BCUT2D eigenvalue weighted by Gasteiger charge is -2.21. The largest absolute Gasteiger partial charge is 0.491 e. The normalized spacial score (nSPS) is 10.5. The molecule has 2 aromatic carbocycles. The van der Waals surface area contributed by atoms with Crippen LogP contribution in [-0.2, 0) is 0 Å². The predicted molar refractivity (Wildman–Crippen MR) is 129 cm³/mol. The lowest BCUT2D eigenvalue weighted by atomic mass is 10.1. The Labute approximate surface area is 190 Å². The molecular formula is C24H31N3O3S. The number of ether oxygens (including phenoxy) is 1. The highest BCUT2D eigenvalue weighted by Crippen LogP contribution is 2.15. The van der Waals surface area contributed by atoms with Gasteiger partial charge in [0.2, 0.25) is 0 Å². The van der Waals surface area contributed by atoms with Crippen LogP contribution in [0, 0.1) is 0 Å². The number of benzene rings is 2. The van der Waals surface area contributed by atoms with Crippen molar-refractivity contribution in [3.63, 3.8) is 0 Å². The Bertz CT molecular complexity index is 874. The highest BCUT2D eigenvalue weighted by atomic mass is 32.1. The molecule has 0 saturated heterocycles. The fourth-order valence-electron chi connectivity index (χ4n) is 3.03. The summed E-state index contributed by atoms with van der Waals surface area (Å²) in [6, 6.07) is 14.0. The summed E-state index contributed by atoms with van der Waals surface area (Å²) in [6.45, 7) is 9.50. The standard InChI is InChI=1S/C24H31N3O3S/c1-5-15-27(16-6-2)23(29)19-7-11-20(12-8-19)25-24(31)26-22(28)18-9-13-21(14-10-18)30-17(3)4/h7-14,17H,5-6,15-16H2,1-4H3,(H2,25,26,28,31). The zero-order valence-electron chi connectivity index (χ0n) is 18.6. The molecule has 0 bridgehead atoms. The molecule has 0 aliphatic rings. The molecule has 0 unspecified atom stereocenters. The van der Waals surface area contributed by atoms with E-state index in [9.17, 15) is 9.59 Å². The zero-order chi connectivity index (χ0) is 22.8. The van der Waals surface area contributed by atoms with Gasteiger partial charge in [0.05, 0.1) is 6.10 Å². The van der Waals surface area contributed by atoms with Crippen molar-refractivity contribution in [3.05, 3.63) is 59.7 Å². The van der Waals surface area contributed by atoms with Crippen molar-refractivity contribution < 1.29 is 14.3 Å². The van der Waals surface area contributed by atoms with Gasteiger partial charge in [-0.15, -0.1) is 0 Å². The molecule has 0 spiro atoms. The van der Waals surface area contributed by atoms with Crippen LogP contribution in [0.2, 0.25) is 0 Å². The molecule has 31 heavy (non-hydrogen) atoms. The average Bonchev–Trinajstić information content (AvgIpc) is 2.73. The Kier molecular flexibility index (Phi) is 9.46. The van der Waals surface area contributed by atoms with E-state index in [1.807, 2.05) is 18.7 Å². The fourth-order valence-corrected chi connectivity index (χ4v) is 3.24. The van der Waals surface area contributed by atoms with Crippen LogP contribution in [0.1, 0.15) is 61.3 Å². The monoisotopic (exact) mass is 441 g/mol. The Morgan fingerprint density at radius 1 is 0.935 bits per heavy atom. The van der Waals surface area contributed by atoms with Gasteiger partial charge in [-0.3, -0.25) is 14.9 Å². The van der Waals surface area contributed by atoms with Crippen molar-refractivity contribution in [1.82, 2.24) is 10.2 Å². The molecule has 2 N–H and O–H groups in total. The Morgan fingerprint density at radius 3 is 2.00 bits per heavy atom. The summed E-state index contributed by atoms with van der Waals surface area (Å²) < 4.78 is 5.58. The molecule has 0 fully saturated rings. The number of amides is 2. The molecule has 7 heteroatoms. The molecular weight excluding hydrogens is 410 g/mol. The van der Waals surface area contributed by atoms with Gasteiger partial charge in [-0.25, -0.2) is 0 Å². The molecule has 6 nitrogen and oxygen atoms in total. The van der Waals surface area contributed by atoms with Crippen LogP contribution in [0.25, 0.3) is 0 Å². The third-order valence-corrected chi connectivity index (χ3v) is 4.58. The Hall–Kier alpha value is -2.93. The van der Waals surface area contributed by atoms with Crippen LogP contribution >= 0.6 is 12.2 Å². The van der Waals surface area contributed by atoms with E-state index in [1.165, 1.54) is 0 Å². The van der Waals surface area contributed by atoms with Crippen LogP contribution in [0.3, 0.4) is 0 Å². The second kappa shape index (κ2) is 12.1. The maximum absolute atomic E-state index is 12.7. The zero-order valence-corrected chi connectivity index (χ0v) is 19.4. The Morgan fingerprint density at radius 2 is 1.48 bits per heavy atom. The minimum Gasteiger partial charge on any atom is -0.491 e. The van der Waals surface area contributed by atoms with Gasteiger partial charge in [-0.1, -0.05) is 13.8 Å². The van der Waals surface area contributed by atoms with Crippen LogP contribution < -0.4 is 15.4 Å². The van der Waals surface area contributed by atoms with Gasteiger partial charge in [0, 0.05) is 29.9 Å². The second-order valence-corrected chi connectivity index (χ2v) is 7.88. The number of carbonyl (C=O) groups excluding carboxylic acids is 2. The first-order chi connectivity index (χ1) is 14.8. The summed E-state index contributed by atoms with van der Waals surface area (Å²) in [7, 11) is 0. The van der Waals surface area contributed by atoms with E-state index in [4.69, 9.17) is 17.0 Å². The van der Waals surface area contributed by atoms with Gasteiger partial charge < -0.3 is 15.0 Å². The summed E-state index contributed by atoms with van der Waals surface area (Å²) in [4.78, 5) is 26.9. The van der Waals surface area contributed by atoms with Gasteiger partial charge in [0.15, 0.2) is 5.11 Å². The van der Waals surface area contributed by atoms with E-state index < -0.39 is 0 Å². The van der Waals surface area contributed by atoms with E-state index in [1.54, 1.807) is 48.5 Å². The minimum atomic E-state index is -0.310. The van der Waals surface area contributed by atoms with Gasteiger partial charge in [-0.2, -0.15) is 0 Å². The van der Waals surface area contributed by atoms with E-state index in [0.717, 1.165) is 25.9 Å². The number of thiocarbonyl (C=S) groups is 1. The SMILES string of the molecule is CCCN(CCC)C(=O)c1ccc(NC(=S)NC(=O)c2ccc(OC(C)C)cc2)cc1. The van der Waals surface area contributed by atoms with Crippen LogP contribution in [-0.4, -0.2) is 41.0 Å². The van der Waals surface area contributed by atoms with Crippen molar-refractivity contribution in [2.24, 2.45) is 0 Å². The lowest BCUT2D eigenvalue weighted by Crippen LogP contribution is -2.34. The van der Waals surface area contributed by atoms with Crippen molar-refractivity contribution >= 4 is 34.8 Å². The Balaban J connectivity index is 1.93. The van der Waals surface area contributed by atoms with E-state index in [2.05, 4.69) is 24.5 Å². The van der Waals surface area contributed by atoms with Gasteiger partial charge in [-0.05, 0) is 87.4 Å². The molecule has 0 atom stereocenters. The quantitative estimate of drug-likeness (QED) is 0.544. The maximum atomic E-state index is 12.7. The first-order valence-electron chi connectivity index (χ1n) is 10.6. The number of anilines is 1. The van der Waals surface area contributed by atoms with Gasteiger partial charge in [0.25, 0.3) is 11.8 Å². The van der Waals surface area contributed by atoms with Gasteiger partial charge in [0.1, 0.15) is 5.75 Å². The molecule has 0 heterocycles. The van der Waals surface area contributed by atoms with Crippen molar-refractivity contribution in [2.75, 3.05) is 18.4 Å². The second-order valence-electron chi connectivity index (χ2n) is 7.47. The molecule has 0 aromatic heterocycles. The van der Waals surface area contributed by atoms with Crippen LogP contribution in [0.4, 0.5) is 5.69 Å². The summed E-state index contributed by atoms with van der Waals surface area (Å²) >= 11 is 5.25. The average molecular weight is 442 g/mol. The molecule has 2 rings (SSSR count). The first kappa shape index (κ1) is 24.3. The molecule has 166 valence electrons. The van der Waals surface area contributed by atoms with Crippen LogP contribution in [0.5, 0.6) is 5.75 Å². The number of nitrogens with zero attached hydrogens (tertiary/aromatic N) is 1. The number of carbonyl (C=O) groups is 2. The summed E-state index contributed by atoms with van der Waals surface area (Å²) in [5.41, 5.74) is 1.80. The smallest absolute Gasteiger partial charge is 0.257 e. The minimum absolute atomic E-state index is 0.0241. The lowest BCUT2D eigenvalue weighted by molar-refractivity contribution is 0.0755. The molecule has 0 aliphatic heterocycles. The van der Waals surface area contributed by atoms with Crippen molar-refractivity contribution in [1.29, 1.82) is 0 Å². The topological polar surface area (TPSA) is 70.7 Å². The number of nitrogens with one attached hydrogen (secondary N) is 2. The molecule has 2 amide bonds. The highest BCUT2D eigenvalue weighted by Gasteiger charge is 2.14.